The topological polar surface area (TPSA) is 68.4 Å². The van der Waals surface area contributed by atoms with Gasteiger partial charge in [-0.15, -0.1) is 0 Å². The van der Waals surface area contributed by atoms with Crippen LogP contribution in [0.2, 0.25) is 0 Å². The van der Waals surface area contributed by atoms with Gasteiger partial charge in [-0.1, -0.05) is 25.9 Å². The second-order valence-corrected chi connectivity index (χ2v) is 5.29. The lowest BCUT2D eigenvalue weighted by Crippen LogP contribution is -2.30. The number of aromatic nitrogens is 2. The molecule has 0 radical (unpaired) electrons. The normalized spacial score (nSPS) is 16.4. The molecular weight excluding hydrogens is 265 g/mol. The van der Waals surface area contributed by atoms with Crippen LogP contribution in [-0.4, -0.2) is 34.6 Å². The molecule has 1 N–H and O–H groups in total. The Kier molecular flexibility index (Phi) is 4.57. The summed E-state index contributed by atoms with van der Waals surface area (Å²) in [4.78, 5) is 3.84. The molecule has 0 aliphatic rings. The van der Waals surface area contributed by atoms with Crippen molar-refractivity contribution in [2.45, 2.75) is 45.6 Å². The SMILES string of the molecule is COC(c1noc(CC(O)C(F)(F)F)n1)C(C)(C)C. The number of hydrogen-bond acceptors (Lipinski definition) is 5. The molecule has 5 nitrogen and oxygen atoms in total. The summed E-state index contributed by atoms with van der Waals surface area (Å²) in [5.41, 5.74) is -0.335. The molecule has 0 fully saturated rings. The van der Waals surface area contributed by atoms with Gasteiger partial charge in [0.1, 0.15) is 6.10 Å². The zero-order valence-corrected chi connectivity index (χ0v) is 11.2. The van der Waals surface area contributed by atoms with Crippen molar-refractivity contribution in [1.82, 2.24) is 10.1 Å². The van der Waals surface area contributed by atoms with Gasteiger partial charge in [-0.3, -0.25) is 0 Å². The maximum absolute atomic E-state index is 12.2. The van der Waals surface area contributed by atoms with Gasteiger partial charge >= 0.3 is 6.18 Å². The highest BCUT2D eigenvalue weighted by Crippen LogP contribution is 2.34. The molecule has 0 saturated carbocycles. The lowest BCUT2D eigenvalue weighted by atomic mass is 9.88. The van der Waals surface area contributed by atoms with Crippen LogP contribution in [0.5, 0.6) is 0 Å². The highest BCUT2D eigenvalue weighted by atomic mass is 19.4. The third-order valence-electron chi connectivity index (χ3n) is 2.49. The predicted octanol–water partition coefficient (Wildman–Crippen LogP) is 2.27. The summed E-state index contributed by atoms with van der Waals surface area (Å²) in [7, 11) is 1.45. The first-order chi connectivity index (χ1) is 8.55. The molecule has 2 atom stereocenters. The number of methoxy groups -OCH3 is 1. The van der Waals surface area contributed by atoms with E-state index in [9.17, 15) is 13.2 Å². The third kappa shape index (κ3) is 4.17. The van der Waals surface area contributed by atoms with Gasteiger partial charge in [0.2, 0.25) is 11.7 Å². The molecule has 110 valence electrons. The molecule has 2 unspecified atom stereocenters. The molecule has 0 aliphatic carbocycles. The summed E-state index contributed by atoms with van der Waals surface area (Å²) >= 11 is 0. The molecule has 1 aromatic rings. The Morgan fingerprint density at radius 3 is 2.32 bits per heavy atom. The Balaban J connectivity index is 2.83. The molecule has 0 amide bonds. The van der Waals surface area contributed by atoms with Crippen LogP contribution in [0.25, 0.3) is 0 Å². The molecule has 0 bridgehead atoms. The maximum atomic E-state index is 12.2. The van der Waals surface area contributed by atoms with Gasteiger partial charge in [-0.25, -0.2) is 0 Å². The number of nitrogens with zero attached hydrogens (tertiary/aromatic N) is 2. The largest absolute Gasteiger partial charge is 0.414 e. The monoisotopic (exact) mass is 282 g/mol. The molecule has 0 aromatic carbocycles. The highest BCUT2D eigenvalue weighted by Gasteiger charge is 2.40. The zero-order chi connectivity index (χ0) is 14.8. The van der Waals surface area contributed by atoms with Gasteiger partial charge in [0.15, 0.2) is 6.10 Å². The third-order valence-corrected chi connectivity index (χ3v) is 2.49. The van der Waals surface area contributed by atoms with E-state index in [4.69, 9.17) is 14.4 Å². The Labute approximate surface area is 108 Å². The van der Waals surface area contributed by atoms with Gasteiger partial charge < -0.3 is 14.4 Å². The van der Waals surface area contributed by atoms with Gasteiger partial charge in [0, 0.05) is 7.11 Å². The number of aliphatic hydroxyl groups excluding tert-OH is 1. The van der Waals surface area contributed by atoms with Crippen LogP contribution in [0.15, 0.2) is 4.52 Å². The van der Waals surface area contributed by atoms with E-state index in [1.807, 2.05) is 20.8 Å². The number of hydrogen-bond donors (Lipinski definition) is 1. The smallest absolute Gasteiger partial charge is 0.383 e. The minimum atomic E-state index is -4.71. The van der Waals surface area contributed by atoms with Gasteiger partial charge in [-0.2, -0.15) is 18.2 Å². The van der Waals surface area contributed by atoms with Gasteiger partial charge in [-0.05, 0) is 5.41 Å². The lowest BCUT2D eigenvalue weighted by Gasteiger charge is -2.26. The molecule has 0 aliphatic heterocycles. The number of halogens is 3. The molecule has 1 rings (SSSR count). The van der Waals surface area contributed by atoms with E-state index in [1.54, 1.807) is 0 Å². The average molecular weight is 282 g/mol. The van der Waals surface area contributed by atoms with Crippen LogP contribution < -0.4 is 0 Å². The van der Waals surface area contributed by atoms with E-state index in [2.05, 4.69) is 10.1 Å². The quantitative estimate of drug-likeness (QED) is 0.917. The Morgan fingerprint density at radius 1 is 1.32 bits per heavy atom. The first kappa shape index (κ1) is 15.9. The van der Waals surface area contributed by atoms with Crippen molar-refractivity contribution in [3.05, 3.63) is 11.7 Å². The first-order valence-electron chi connectivity index (χ1n) is 5.65. The van der Waals surface area contributed by atoms with E-state index >= 15 is 0 Å². The number of rotatable bonds is 4. The Morgan fingerprint density at radius 2 is 1.89 bits per heavy atom. The van der Waals surface area contributed by atoms with E-state index < -0.39 is 24.8 Å². The average Bonchev–Trinajstić information content (AvgIpc) is 2.63. The molecular formula is C11H17F3N2O3. The van der Waals surface area contributed by atoms with Crippen LogP contribution in [0.1, 0.15) is 38.6 Å². The van der Waals surface area contributed by atoms with Crippen molar-refractivity contribution in [3.8, 4) is 0 Å². The van der Waals surface area contributed by atoms with Crippen molar-refractivity contribution in [2.24, 2.45) is 5.41 Å². The molecule has 19 heavy (non-hydrogen) atoms. The fourth-order valence-electron chi connectivity index (χ4n) is 1.58. The molecule has 0 saturated heterocycles. The van der Waals surface area contributed by atoms with E-state index in [0.717, 1.165) is 0 Å². The fourth-order valence-corrected chi connectivity index (χ4v) is 1.58. The van der Waals surface area contributed by atoms with E-state index in [-0.39, 0.29) is 17.1 Å². The minimum absolute atomic E-state index is 0.166. The molecule has 1 heterocycles. The van der Waals surface area contributed by atoms with Crippen LogP contribution >= 0.6 is 0 Å². The van der Waals surface area contributed by atoms with Crippen LogP contribution in [0.3, 0.4) is 0 Å². The summed E-state index contributed by atoms with van der Waals surface area (Å²) < 4.78 is 46.5. The molecule has 0 spiro atoms. The fraction of sp³-hybridized carbons (Fsp3) is 0.818. The van der Waals surface area contributed by atoms with Crippen molar-refractivity contribution in [3.63, 3.8) is 0 Å². The van der Waals surface area contributed by atoms with Crippen molar-refractivity contribution in [2.75, 3.05) is 7.11 Å². The van der Waals surface area contributed by atoms with Crippen LogP contribution in [0, 0.1) is 5.41 Å². The zero-order valence-electron chi connectivity index (χ0n) is 11.2. The molecule has 8 heteroatoms. The predicted molar refractivity (Wildman–Crippen MR) is 59.3 cm³/mol. The highest BCUT2D eigenvalue weighted by molar-refractivity contribution is 4.97. The van der Waals surface area contributed by atoms with Crippen molar-refractivity contribution >= 4 is 0 Å². The van der Waals surface area contributed by atoms with Gasteiger partial charge in [0.25, 0.3) is 0 Å². The van der Waals surface area contributed by atoms with E-state index in [1.165, 1.54) is 7.11 Å². The Bertz CT molecular complexity index is 412. The lowest BCUT2D eigenvalue weighted by molar-refractivity contribution is -0.204. The second-order valence-electron chi connectivity index (χ2n) is 5.29. The number of aliphatic hydroxyl groups is 1. The standard InChI is InChI=1S/C11H17F3N2O3/c1-10(2,3)8(18-4)9-15-7(19-16-9)5-6(17)11(12,13)14/h6,8,17H,5H2,1-4H3. The Hall–Kier alpha value is -1.15. The van der Waals surface area contributed by atoms with Crippen LogP contribution in [-0.2, 0) is 11.2 Å². The van der Waals surface area contributed by atoms with E-state index in [0.29, 0.717) is 0 Å². The summed E-state index contributed by atoms with van der Waals surface area (Å²) in [6.07, 6.45) is -8.50. The van der Waals surface area contributed by atoms with Gasteiger partial charge in [0.05, 0.1) is 6.42 Å². The summed E-state index contributed by atoms with van der Waals surface area (Å²) in [5, 5.41) is 12.5. The minimum Gasteiger partial charge on any atom is -0.383 e. The summed E-state index contributed by atoms with van der Waals surface area (Å²) in [6.45, 7) is 5.63. The first-order valence-corrected chi connectivity index (χ1v) is 5.65. The van der Waals surface area contributed by atoms with Crippen molar-refractivity contribution in [1.29, 1.82) is 0 Å². The molecule has 1 aromatic heterocycles. The summed E-state index contributed by atoms with van der Waals surface area (Å²) in [6, 6.07) is 0. The number of ether oxygens (including phenoxy) is 1. The second kappa shape index (κ2) is 5.46. The number of alkyl halides is 3. The van der Waals surface area contributed by atoms with Crippen molar-refractivity contribution < 1.29 is 27.5 Å². The van der Waals surface area contributed by atoms with Crippen LogP contribution in [0.4, 0.5) is 13.2 Å². The summed E-state index contributed by atoms with van der Waals surface area (Å²) in [5.74, 6) is -0.106. The maximum Gasteiger partial charge on any atom is 0.414 e.